The number of aromatic nitrogens is 3. The van der Waals surface area contributed by atoms with Crippen molar-refractivity contribution in [3.8, 4) is 11.4 Å². The van der Waals surface area contributed by atoms with Gasteiger partial charge in [0.05, 0.1) is 30.7 Å². The average Bonchev–Trinajstić information content (AvgIpc) is 3.07. The largest absolute Gasteiger partial charge is 0.416 e. The van der Waals surface area contributed by atoms with Crippen molar-refractivity contribution in [3.63, 3.8) is 0 Å². The number of alkyl halides is 3. The van der Waals surface area contributed by atoms with Crippen LogP contribution in [-0.4, -0.2) is 41.3 Å². The Bertz CT molecular complexity index is 928. The van der Waals surface area contributed by atoms with E-state index in [2.05, 4.69) is 19.9 Å². The number of benzene rings is 1. The number of aryl methyl sites for hydroxylation is 1. The van der Waals surface area contributed by atoms with Crippen LogP contribution in [0.3, 0.4) is 0 Å². The normalized spacial score (nSPS) is 15.6. The van der Waals surface area contributed by atoms with Crippen molar-refractivity contribution >= 4 is 16.9 Å². The van der Waals surface area contributed by atoms with Crippen LogP contribution in [0.25, 0.3) is 22.6 Å². The van der Waals surface area contributed by atoms with Crippen LogP contribution >= 0.6 is 0 Å². The molecular formula is C18H17F3N4O. The van der Waals surface area contributed by atoms with Crippen LogP contribution in [-0.2, 0) is 10.9 Å². The van der Waals surface area contributed by atoms with Crippen molar-refractivity contribution < 1.29 is 17.9 Å². The van der Waals surface area contributed by atoms with Crippen molar-refractivity contribution in [2.24, 2.45) is 0 Å². The van der Waals surface area contributed by atoms with Crippen LogP contribution < -0.4 is 4.90 Å². The molecule has 2 aromatic heterocycles. The monoisotopic (exact) mass is 362 g/mol. The molecule has 1 N–H and O–H groups in total. The molecule has 0 unspecified atom stereocenters. The maximum atomic E-state index is 12.7. The third-order valence-electron chi connectivity index (χ3n) is 4.58. The topological polar surface area (TPSA) is 54.0 Å². The van der Waals surface area contributed by atoms with E-state index >= 15 is 0 Å². The number of hydrogen-bond acceptors (Lipinski definition) is 4. The summed E-state index contributed by atoms with van der Waals surface area (Å²) in [5, 5.41) is 0. The van der Waals surface area contributed by atoms with Gasteiger partial charge in [0.15, 0.2) is 5.65 Å². The molecule has 1 fully saturated rings. The molecule has 0 atom stereocenters. The van der Waals surface area contributed by atoms with Gasteiger partial charge in [-0.25, -0.2) is 9.97 Å². The standard InChI is InChI=1S/C18H17F3N4O/c1-11-14(25-6-8-26-9-7-25)10-22-17-15(11)23-16(24-17)12-2-4-13(5-3-12)18(19,20)21/h2-5,10H,6-9H2,1H3,(H,22,23,24). The summed E-state index contributed by atoms with van der Waals surface area (Å²) in [5.74, 6) is 0.503. The Morgan fingerprint density at radius 3 is 2.46 bits per heavy atom. The molecule has 0 bridgehead atoms. The van der Waals surface area contributed by atoms with Crippen LogP contribution in [0.4, 0.5) is 18.9 Å². The maximum absolute atomic E-state index is 12.7. The van der Waals surface area contributed by atoms with Gasteiger partial charge in [-0.05, 0) is 19.1 Å². The molecule has 4 rings (SSSR count). The van der Waals surface area contributed by atoms with Crippen LogP contribution in [0.5, 0.6) is 0 Å². The first-order chi connectivity index (χ1) is 12.4. The molecule has 3 aromatic rings. The highest BCUT2D eigenvalue weighted by atomic mass is 19.4. The first kappa shape index (κ1) is 16.8. The quantitative estimate of drug-likeness (QED) is 0.754. The Labute approximate surface area is 147 Å². The highest BCUT2D eigenvalue weighted by Gasteiger charge is 2.30. The zero-order valence-corrected chi connectivity index (χ0v) is 14.1. The summed E-state index contributed by atoms with van der Waals surface area (Å²) in [6.45, 7) is 4.92. The third-order valence-corrected chi connectivity index (χ3v) is 4.58. The van der Waals surface area contributed by atoms with E-state index in [0.29, 0.717) is 30.2 Å². The van der Waals surface area contributed by atoms with Gasteiger partial charge in [-0.1, -0.05) is 12.1 Å². The summed E-state index contributed by atoms with van der Waals surface area (Å²) in [6, 6.07) is 4.95. The lowest BCUT2D eigenvalue weighted by molar-refractivity contribution is -0.137. The van der Waals surface area contributed by atoms with E-state index in [1.165, 1.54) is 12.1 Å². The molecule has 0 aliphatic carbocycles. The zero-order chi connectivity index (χ0) is 18.3. The number of fused-ring (bicyclic) bond motifs is 1. The number of nitrogens with zero attached hydrogens (tertiary/aromatic N) is 3. The molecule has 1 saturated heterocycles. The smallest absolute Gasteiger partial charge is 0.378 e. The second-order valence-electron chi connectivity index (χ2n) is 6.23. The van der Waals surface area contributed by atoms with Gasteiger partial charge in [-0.3, -0.25) is 0 Å². The summed E-state index contributed by atoms with van der Waals surface area (Å²) in [6.07, 6.45) is -2.55. The number of halogens is 3. The van der Waals surface area contributed by atoms with Crippen molar-refractivity contribution in [2.45, 2.75) is 13.1 Å². The molecule has 26 heavy (non-hydrogen) atoms. The number of pyridine rings is 1. The Hall–Kier alpha value is -2.61. The van der Waals surface area contributed by atoms with Gasteiger partial charge in [-0.2, -0.15) is 13.2 Å². The molecule has 8 heteroatoms. The van der Waals surface area contributed by atoms with Crippen molar-refractivity contribution in [3.05, 3.63) is 41.6 Å². The second kappa shape index (κ2) is 6.28. The molecule has 136 valence electrons. The second-order valence-corrected chi connectivity index (χ2v) is 6.23. The summed E-state index contributed by atoms with van der Waals surface area (Å²) >= 11 is 0. The molecule has 0 amide bonds. The molecule has 0 saturated carbocycles. The van der Waals surface area contributed by atoms with E-state index in [1.807, 2.05) is 6.92 Å². The lowest BCUT2D eigenvalue weighted by Crippen LogP contribution is -2.36. The first-order valence-corrected chi connectivity index (χ1v) is 8.29. The van der Waals surface area contributed by atoms with Crippen LogP contribution in [0, 0.1) is 6.92 Å². The number of morpholine rings is 1. The number of hydrogen-bond donors (Lipinski definition) is 1. The van der Waals surface area contributed by atoms with Gasteiger partial charge in [0.25, 0.3) is 0 Å². The molecule has 3 heterocycles. The SMILES string of the molecule is Cc1c(N2CCOCC2)cnc2[nH]c(-c3ccc(C(F)(F)F)cc3)nc12. The van der Waals surface area contributed by atoms with Crippen molar-refractivity contribution in [1.82, 2.24) is 15.0 Å². The minimum Gasteiger partial charge on any atom is -0.378 e. The highest BCUT2D eigenvalue weighted by Crippen LogP contribution is 2.32. The van der Waals surface area contributed by atoms with Gasteiger partial charge in [0, 0.05) is 24.2 Å². The molecule has 0 radical (unpaired) electrons. The fourth-order valence-corrected chi connectivity index (χ4v) is 3.14. The Balaban J connectivity index is 1.70. The number of imidazole rings is 1. The van der Waals surface area contributed by atoms with Gasteiger partial charge >= 0.3 is 6.18 Å². The number of H-pyrrole nitrogens is 1. The minimum atomic E-state index is -4.35. The number of nitrogens with one attached hydrogen (secondary N) is 1. The minimum absolute atomic E-state index is 0.503. The van der Waals surface area contributed by atoms with Gasteiger partial charge in [-0.15, -0.1) is 0 Å². The maximum Gasteiger partial charge on any atom is 0.416 e. The fraction of sp³-hybridized carbons (Fsp3) is 0.333. The fourth-order valence-electron chi connectivity index (χ4n) is 3.14. The van der Waals surface area contributed by atoms with E-state index in [-0.39, 0.29) is 0 Å². The summed E-state index contributed by atoms with van der Waals surface area (Å²) in [4.78, 5) is 14.3. The molecule has 1 aliphatic rings. The van der Waals surface area contributed by atoms with Crippen molar-refractivity contribution in [1.29, 1.82) is 0 Å². The van der Waals surface area contributed by atoms with E-state index in [1.54, 1.807) is 6.20 Å². The van der Waals surface area contributed by atoms with Gasteiger partial charge in [0.2, 0.25) is 0 Å². The number of ether oxygens (including phenoxy) is 1. The third kappa shape index (κ3) is 3.01. The summed E-state index contributed by atoms with van der Waals surface area (Å²) in [7, 11) is 0. The van der Waals surface area contributed by atoms with E-state index in [0.717, 1.165) is 42.0 Å². The van der Waals surface area contributed by atoms with Crippen LogP contribution in [0.15, 0.2) is 30.5 Å². The first-order valence-electron chi connectivity index (χ1n) is 8.29. The Morgan fingerprint density at radius 2 is 1.81 bits per heavy atom. The average molecular weight is 362 g/mol. The van der Waals surface area contributed by atoms with E-state index in [9.17, 15) is 13.2 Å². The number of anilines is 1. The zero-order valence-electron chi connectivity index (χ0n) is 14.1. The molecule has 1 aliphatic heterocycles. The molecular weight excluding hydrogens is 345 g/mol. The van der Waals surface area contributed by atoms with Crippen molar-refractivity contribution in [2.75, 3.05) is 31.2 Å². The number of rotatable bonds is 2. The lowest BCUT2D eigenvalue weighted by Gasteiger charge is -2.29. The molecule has 5 nitrogen and oxygen atoms in total. The van der Waals surface area contributed by atoms with Crippen LogP contribution in [0.1, 0.15) is 11.1 Å². The number of aromatic amines is 1. The summed E-state index contributed by atoms with van der Waals surface area (Å²) < 4.78 is 43.5. The predicted octanol–water partition coefficient (Wildman–Crippen LogP) is 3.79. The lowest BCUT2D eigenvalue weighted by atomic mass is 10.1. The van der Waals surface area contributed by atoms with Crippen LogP contribution in [0.2, 0.25) is 0 Å². The van der Waals surface area contributed by atoms with Gasteiger partial charge in [0.1, 0.15) is 11.3 Å². The van der Waals surface area contributed by atoms with E-state index < -0.39 is 11.7 Å². The Kier molecular flexibility index (Phi) is 4.07. The summed E-state index contributed by atoms with van der Waals surface area (Å²) in [5.41, 5.74) is 3.25. The van der Waals surface area contributed by atoms with E-state index in [4.69, 9.17) is 4.74 Å². The highest BCUT2D eigenvalue weighted by molar-refractivity contribution is 5.83. The van der Waals surface area contributed by atoms with Gasteiger partial charge < -0.3 is 14.6 Å². The molecule has 0 spiro atoms. The predicted molar refractivity (Wildman–Crippen MR) is 92.1 cm³/mol. The Morgan fingerprint density at radius 1 is 1.12 bits per heavy atom. The molecule has 1 aromatic carbocycles.